The van der Waals surface area contributed by atoms with Gasteiger partial charge in [-0.15, -0.1) is 11.3 Å². The molecule has 1 aromatic heterocycles. The molecule has 2 amide bonds. The van der Waals surface area contributed by atoms with Gasteiger partial charge < -0.3 is 15.7 Å². The zero-order valence-electron chi connectivity index (χ0n) is 18.3. The molecule has 3 N–H and O–H groups in total. The molecular formula is C23H34N2O4S. The number of hydrogen-bond donors (Lipinski definition) is 3. The number of hydrogen-bond acceptors (Lipinski definition) is 4. The maximum atomic E-state index is 13.2. The lowest BCUT2D eigenvalue weighted by atomic mass is 9.72. The third-order valence-corrected chi connectivity index (χ3v) is 7.65. The molecule has 6 nitrogen and oxygen atoms in total. The van der Waals surface area contributed by atoms with Gasteiger partial charge in [-0.3, -0.25) is 14.4 Å². The van der Waals surface area contributed by atoms with Gasteiger partial charge in [0, 0.05) is 17.3 Å². The highest BCUT2D eigenvalue weighted by Gasteiger charge is 2.34. The van der Waals surface area contributed by atoms with Crippen molar-refractivity contribution in [1.29, 1.82) is 0 Å². The van der Waals surface area contributed by atoms with Gasteiger partial charge in [0.15, 0.2) is 0 Å². The lowest BCUT2D eigenvalue weighted by Gasteiger charge is -2.34. The van der Waals surface area contributed by atoms with Crippen molar-refractivity contribution >= 4 is 34.1 Å². The fourth-order valence-corrected chi connectivity index (χ4v) is 5.91. The van der Waals surface area contributed by atoms with Crippen LogP contribution in [0.1, 0.15) is 92.9 Å². The van der Waals surface area contributed by atoms with Crippen molar-refractivity contribution in [2.75, 3.05) is 5.32 Å². The molecule has 0 saturated heterocycles. The summed E-state index contributed by atoms with van der Waals surface area (Å²) in [5.41, 5.74) is 1.87. The van der Waals surface area contributed by atoms with Crippen LogP contribution in [0.25, 0.3) is 0 Å². The first-order valence-electron chi connectivity index (χ1n) is 11.1. The first-order valence-corrected chi connectivity index (χ1v) is 11.9. The molecule has 0 unspecified atom stereocenters. The summed E-state index contributed by atoms with van der Waals surface area (Å²) in [4.78, 5) is 37.5. The van der Waals surface area contributed by atoms with E-state index in [4.69, 9.17) is 5.11 Å². The Bertz CT molecular complexity index is 803. The molecule has 0 bridgehead atoms. The van der Waals surface area contributed by atoms with Crippen molar-refractivity contribution < 1.29 is 19.5 Å². The highest BCUT2D eigenvalue weighted by atomic mass is 32.1. The summed E-state index contributed by atoms with van der Waals surface area (Å²) in [6.07, 6.45) is 7.98. The van der Waals surface area contributed by atoms with E-state index in [2.05, 4.69) is 31.4 Å². The van der Waals surface area contributed by atoms with E-state index in [-0.39, 0.29) is 36.1 Å². The smallest absolute Gasteiger partial charge is 0.303 e. The number of thiophene rings is 1. The second-order valence-electron chi connectivity index (χ2n) is 9.76. The van der Waals surface area contributed by atoms with Crippen LogP contribution in [0.15, 0.2) is 0 Å². The van der Waals surface area contributed by atoms with Crippen LogP contribution in [0.3, 0.4) is 0 Å². The third kappa shape index (κ3) is 5.62. The van der Waals surface area contributed by atoms with Gasteiger partial charge in [-0.2, -0.15) is 0 Å². The molecular weight excluding hydrogens is 400 g/mol. The summed E-state index contributed by atoms with van der Waals surface area (Å²) in [5.74, 6) is -0.912. The van der Waals surface area contributed by atoms with Crippen molar-refractivity contribution in [3.8, 4) is 0 Å². The molecule has 0 aliphatic heterocycles. The Balaban J connectivity index is 1.84. The monoisotopic (exact) mass is 434 g/mol. The molecule has 30 heavy (non-hydrogen) atoms. The van der Waals surface area contributed by atoms with Crippen LogP contribution in [0.2, 0.25) is 0 Å². The molecule has 1 atom stereocenters. The van der Waals surface area contributed by atoms with E-state index in [0.29, 0.717) is 16.5 Å². The summed E-state index contributed by atoms with van der Waals surface area (Å²) in [6.45, 7) is 6.75. The lowest BCUT2D eigenvalue weighted by Crippen LogP contribution is -2.37. The number of anilines is 1. The first kappa shape index (κ1) is 22.8. The number of rotatable bonds is 6. The summed E-state index contributed by atoms with van der Waals surface area (Å²) in [6, 6.07) is 0.197. The van der Waals surface area contributed by atoms with Crippen molar-refractivity contribution in [1.82, 2.24) is 5.32 Å². The number of aliphatic carboxylic acids is 1. The van der Waals surface area contributed by atoms with Crippen LogP contribution < -0.4 is 10.6 Å². The molecule has 0 radical (unpaired) electrons. The fraction of sp³-hybridized carbons (Fsp3) is 0.696. The largest absolute Gasteiger partial charge is 0.481 e. The Morgan fingerprint density at radius 3 is 2.40 bits per heavy atom. The Labute approximate surface area is 182 Å². The number of amides is 2. The van der Waals surface area contributed by atoms with Gasteiger partial charge in [0.05, 0.1) is 12.0 Å². The van der Waals surface area contributed by atoms with Gasteiger partial charge in [-0.25, -0.2) is 0 Å². The van der Waals surface area contributed by atoms with Gasteiger partial charge in [0.1, 0.15) is 5.00 Å². The quantitative estimate of drug-likeness (QED) is 0.601. The topological polar surface area (TPSA) is 95.5 Å². The molecule has 0 aromatic carbocycles. The number of carbonyl (C=O) groups is 3. The zero-order chi connectivity index (χ0) is 21.9. The Morgan fingerprint density at radius 2 is 1.77 bits per heavy atom. The molecule has 3 rings (SSSR count). The molecule has 2 aliphatic rings. The second kappa shape index (κ2) is 9.50. The van der Waals surface area contributed by atoms with Gasteiger partial charge >= 0.3 is 5.97 Å². The highest BCUT2D eigenvalue weighted by Crippen LogP contribution is 2.44. The molecule has 7 heteroatoms. The van der Waals surface area contributed by atoms with Crippen molar-refractivity contribution in [2.24, 2.45) is 11.3 Å². The predicted molar refractivity (Wildman–Crippen MR) is 119 cm³/mol. The molecule has 1 aromatic rings. The van der Waals surface area contributed by atoms with Gasteiger partial charge in [0.25, 0.3) is 5.91 Å². The summed E-state index contributed by atoms with van der Waals surface area (Å²) < 4.78 is 0. The van der Waals surface area contributed by atoms with E-state index in [0.717, 1.165) is 50.5 Å². The van der Waals surface area contributed by atoms with E-state index >= 15 is 0 Å². The van der Waals surface area contributed by atoms with E-state index in [1.165, 1.54) is 22.6 Å². The molecule has 2 aliphatic carbocycles. The summed E-state index contributed by atoms with van der Waals surface area (Å²) >= 11 is 1.49. The van der Waals surface area contributed by atoms with Crippen LogP contribution in [0, 0.1) is 11.3 Å². The van der Waals surface area contributed by atoms with Crippen LogP contribution in [0.4, 0.5) is 5.00 Å². The fourth-order valence-electron chi connectivity index (χ4n) is 4.57. The van der Waals surface area contributed by atoms with Crippen molar-refractivity contribution in [2.45, 2.75) is 91.0 Å². The lowest BCUT2D eigenvalue weighted by molar-refractivity contribution is -0.138. The van der Waals surface area contributed by atoms with E-state index in [1.54, 1.807) is 0 Å². The van der Waals surface area contributed by atoms with Gasteiger partial charge in [0.2, 0.25) is 5.91 Å². The average molecular weight is 435 g/mol. The molecule has 0 spiro atoms. The predicted octanol–water partition coefficient (Wildman–Crippen LogP) is 4.76. The minimum Gasteiger partial charge on any atom is -0.481 e. The maximum absolute atomic E-state index is 13.2. The molecule has 1 heterocycles. The maximum Gasteiger partial charge on any atom is 0.303 e. The van der Waals surface area contributed by atoms with Gasteiger partial charge in [-0.1, -0.05) is 40.0 Å². The first-order chi connectivity index (χ1) is 14.1. The Morgan fingerprint density at radius 1 is 1.07 bits per heavy atom. The minimum atomic E-state index is -1.00. The molecule has 166 valence electrons. The highest BCUT2D eigenvalue weighted by molar-refractivity contribution is 7.17. The number of carboxylic acid groups (broad SMARTS) is 1. The van der Waals surface area contributed by atoms with E-state index in [9.17, 15) is 14.4 Å². The minimum absolute atomic E-state index is 0.0911. The van der Waals surface area contributed by atoms with Crippen LogP contribution >= 0.6 is 11.3 Å². The van der Waals surface area contributed by atoms with Crippen LogP contribution in [0.5, 0.6) is 0 Å². The zero-order valence-corrected chi connectivity index (χ0v) is 19.1. The van der Waals surface area contributed by atoms with E-state index in [1.807, 2.05) is 0 Å². The van der Waals surface area contributed by atoms with E-state index < -0.39 is 5.97 Å². The molecule has 1 saturated carbocycles. The second-order valence-corrected chi connectivity index (χ2v) is 10.9. The normalized spacial score (nSPS) is 19.8. The summed E-state index contributed by atoms with van der Waals surface area (Å²) in [5, 5.41) is 15.5. The Kier molecular flexibility index (Phi) is 7.22. The standard InChI is InChI=1S/C23H34N2O4S/c1-23(2,3)14-9-10-16-17(13-14)30-22(25-18(26)11-12-19(27)28)20(16)21(29)24-15-7-5-4-6-8-15/h14-15H,4-13H2,1-3H3,(H,24,29)(H,25,26)(H,27,28)/t14-/m0/s1. The molecule has 1 fully saturated rings. The number of carbonyl (C=O) groups excluding carboxylic acids is 2. The number of carboxylic acids is 1. The number of nitrogens with one attached hydrogen (secondary N) is 2. The van der Waals surface area contributed by atoms with Crippen LogP contribution in [-0.2, 0) is 22.4 Å². The van der Waals surface area contributed by atoms with Crippen LogP contribution in [-0.4, -0.2) is 28.9 Å². The van der Waals surface area contributed by atoms with Crippen molar-refractivity contribution in [3.63, 3.8) is 0 Å². The van der Waals surface area contributed by atoms with Gasteiger partial charge in [-0.05, 0) is 49.0 Å². The SMILES string of the molecule is CC(C)(C)[C@H]1CCc2c(sc(NC(=O)CCC(=O)O)c2C(=O)NC2CCCCC2)C1. The third-order valence-electron chi connectivity index (χ3n) is 6.48. The Hall–Kier alpha value is -1.89. The summed E-state index contributed by atoms with van der Waals surface area (Å²) in [7, 11) is 0. The number of fused-ring (bicyclic) bond motifs is 1. The average Bonchev–Trinajstić information content (AvgIpc) is 3.03. The van der Waals surface area contributed by atoms with Crippen molar-refractivity contribution in [3.05, 3.63) is 16.0 Å².